The molecule has 1 aromatic rings. The van der Waals surface area contributed by atoms with Gasteiger partial charge in [0.25, 0.3) is 0 Å². The lowest BCUT2D eigenvalue weighted by Gasteiger charge is -2.24. The predicted octanol–water partition coefficient (Wildman–Crippen LogP) is 2.69. The van der Waals surface area contributed by atoms with Crippen LogP contribution in [0, 0.1) is 28.1 Å². The van der Waals surface area contributed by atoms with Crippen LogP contribution in [0.4, 0.5) is 5.69 Å². The van der Waals surface area contributed by atoms with Crippen LogP contribution in [0.15, 0.2) is 24.3 Å². The maximum absolute atomic E-state index is 8.86. The molecule has 0 N–H and O–H groups in total. The van der Waals surface area contributed by atoms with Crippen LogP contribution in [0.2, 0.25) is 0 Å². The Hall–Kier alpha value is -2.00. The smallest absolute Gasteiger partial charge is 0.0992 e. The van der Waals surface area contributed by atoms with Gasteiger partial charge in [-0.1, -0.05) is 6.07 Å². The van der Waals surface area contributed by atoms with Crippen molar-refractivity contribution in [2.24, 2.45) is 5.41 Å². The molecule has 0 saturated heterocycles. The molecule has 1 aromatic carbocycles. The van der Waals surface area contributed by atoms with Crippen molar-refractivity contribution in [1.29, 1.82) is 10.5 Å². The molecule has 0 atom stereocenters. The van der Waals surface area contributed by atoms with Crippen LogP contribution in [0.1, 0.15) is 24.8 Å². The molecule has 3 heteroatoms. The monoisotopic (exact) mass is 225 g/mol. The van der Waals surface area contributed by atoms with E-state index in [-0.39, 0.29) is 5.41 Å². The Morgan fingerprint density at radius 3 is 2.71 bits per heavy atom. The van der Waals surface area contributed by atoms with Gasteiger partial charge in [0.05, 0.1) is 17.7 Å². The summed E-state index contributed by atoms with van der Waals surface area (Å²) < 4.78 is 0. The van der Waals surface area contributed by atoms with Crippen LogP contribution in [0.5, 0.6) is 0 Å². The summed E-state index contributed by atoms with van der Waals surface area (Å²) in [5, 5.41) is 17.7. The van der Waals surface area contributed by atoms with Crippen molar-refractivity contribution in [1.82, 2.24) is 0 Å². The number of hydrogen-bond donors (Lipinski definition) is 0. The maximum atomic E-state index is 8.86. The summed E-state index contributed by atoms with van der Waals surface area (Å²) >= 11 is 0. The van der Waals surface area contributed by atoms with Crippen LogP contribution in [0.25, 0.3) is 0 Å². The summed E-state index contributed by atoms with van der Waals surface area (Å²) in [5.41, 5.74) is 1.93. The predicted molar refractivity (Wildman–Crippen MR) is 66.3 cm³/mol. The molecule has 17 heavy (non-hydrogen) atoms. The topological polar surface area (TPSA) is 50.8 Å². The van der Waals surface area contributed by atoms with Gasteiger partial charge in [-0.3, -0.25) is 0 Å². The largest absolute Gasteiger partial charge is 0.374 e. The fourth-order valence-corrected chi connectivity index (χ4v) is 2.14. The van der Waals surface area contributed by atoms with Gasteiger partial charge in [-0.15, -0.1) is 0 Å². The van der Waals surface area contributed by atoms with Crippen molar-refractivity contribution in [2.75, 3.05) is 18.5 Å². The van der Waals surface area contributed by atoms with E-state index in [1.54, 1.807) is 6.07 Å². The lowest BCUT2D eigenvalue weighted by Crippen LogP contribution is -2.26. The van der Waals surface area contributed by atoms with Gasteiger partial charge < -0.3 is 4.90 Å². The van der Waals surface area contributed by atoms with E-state index in [2.05, 4.69) is 17.0 Å². The molecule has 3 nitrogen and oxygen atoms in total. The highest BCUT2D eigenvalue weighted by molar-refractivity contribution is 5.51. The Morgan fingerprint density at radius 1 is 1.35 bits per heavy atom. The van der Waals surface area contributed by atoms with Gasteiger partial charge in [0, 0.05) is 31.1 Å². The summed E-state index contributed by atoms with van der Waals surface area (Å²) in [7, 11) is 2.02. The molecule has 86 valence electrons. The summed E-state index contributed by atoms with van der Waals surface area (Å²) in [5.74, 6) is 0. The third-order valence-corrected chi connectivity index (χ3v) is 3.40. The average Bonchev–Trinajstić information content (AvgIpc) is 3.09. The van der Waals surface area contributed by atoms with Crippen molar-refractivity contribution in [3.8, 4) is 12.1 Å². The molecule has 0 radical (unpaired) electrons. The van der Waals surface area contributed by atoms with Crippen LogP contribution < -0.4 is 4.90 Å². The fraction of sp³-hybridized carbons (Fsp3) is 0.429. The van der Waals surface area contributed by atoms with Gasteiger partial charge in [-0.05, 0) is 31.0 Å². The standard InChI is InChI=1S/C14H15N3/c1-17(11-14(5-6-14)7-8-15)13-4-2-3-12(9-13)10-16/h2-4,9H,5-7,11H2,1H3. The van der Waals surface area contributed by atoms with Crippen molar-refractivity contribution < 1.29 is 0 Å². The van der Waals surface area contributed by atoms with E-state index in [9.17, 15) is 0 Å². The van der Waals surface area contributed by atoms with Crippen LogP contribution >= 0.6 is 0 Å². The SMILES string of the molecule is CN(CC1(CC#N)CC1)c1cccc(C#N)c1. The van der Waals surface area contributed by atoms with Gasteiger partial charge in [0.15, 0.2) is 0 Å². The van der Waals surface area contributed by atoms with Gasteiger partial charge in [0.2, 0.25) is 0 Å². The molecule has 1 fully saturated rings. The average molecular weight is 225 g/mol. The third-order valence-electron chi connectivity index (χ3n) is 3.40. The molecule has 0 bridgehead atoms. The second-order valence-corrected chi connectivity index (χ2v) is 4.85. The number of nitriles is 2. The van der Waals surface area contributed by atoms with Gasteiger partial charge in [-0.25, -0.2) is 0 Å². The lowest BCUT2D eigenvalue weighted by molar-refractivity contribution is 0.523. The van der Waals surface area contributed by atoms with Gasteiger partial charge in [-0.2, -0.15) is 10.5 Å². The molecular formula is C14H15N3. The summed E-state index contributed by atoms with van der Waals surface area (Å²) in [4.78, 5) is 2.14. The zero-order valence-corrected chi connectivity index (χ0v) is 9.98. The van der Waals surface area contributed by atoms with E-state index in [0.29, 0.717) is 12.0 Å². The summed E-state index contributed by atoms with van der Waals surface area (Å²) in [6, 6.07) is 12.0. The highest BCUT2D eigenvalue weighted by atomic mass is 15.1. The molecule has 1 aliphatic carbocycles. The summed E-state index contributed by atoms with van der Waals surface area (Å²) in [6.07, 6.45) is 2.92. The first kappa shape index (κ1) is 11.5. The van der Waals surface area contributed by atoms with E-state index < -0.39 is 0 Å². The molecule has 0 unspecified atom stereocenters. The molecule has 0 heterocycles. The Morgan fingerprint density at radius 2 is 2.12 bits per heavy atom. The maximum Gasteiger partial charge on any atom is 0.0992 e. The van der Waals surface area contributed by atoms with E-state index in [0.717, 1.165) is 25.1 Å². The minimum atomic E-state index is 0.201. The Labute approximate surface area is 102 Å². The number of anilines is 1. The Kier molecular flexibility index (Phi) is 3.02. The van der Waals surface area contributed by atoms with Gasteiger partial charge >= 0.3 is 0 Å². The van der Waals surface area contributed by atoms with Crippen molar-refractivity contribution in [3.05, 3.63) is 29.8 Å². The number of nitrogens with zero attached hydrogens (tertiary/aromatic N) is 3. The zero-order chi connectivity index (χ0) is 12.3. The zero-order valence-electron chi connectivity index (χ0n) is 9.98. The highest BCUT2D eigenvalue weighted by Gasteiger charge is 2.43. The number of rotatable bonds is 4. The van der Waals surface area contributed by atoms with E-state index >= 15 is 0 Å². The Balaban J connectivity index is 2.08. The van der Waals surface area contributed by atoms with Crippen LogP contribution in [0.3, 0.4) is 0 Å². The quantitative estimate of drug-likeness (QED) is 0.791. The van der Waals surface area contributed by atoms with Crippen molar-refractivity contribution in [3.63, 3.8) is 0 Å². The van der Waals surface area contributed by atoms with Crippen molar-refractivity contribution in [2.45, 2.75) is 19.3 Å². The number of hydrogen-bond acceptors (Lipinski definition) is 3. The first-order valence-electron chi connectivity index (χ1n) is 5.77. The highest BCUT2D eigenvalue weighted by Crippen LogP contribution is 2.49. The van der Waals surface area contributed by atoms with Crippen molar-refractivity contribution >= 4 is 5.69 Å². The third kappa shape index (κ3) is 2.57. The molecule has 2 rings (SSSR count). The first-order valence-corrected chi connectivity index (χ1v) is 5.77. The first-order chi connectivity index (χ1) is 8.19. The van der Waals surface area contributed by atoms with E-state index in [1.165, 1.54) is 0 Å². The lowest BCUT2D eigenvalue weighted by atomic mass is 10.0. The molecule has 1 saturated carbocycles. The van der Waals surface area contributed by atoms with E-state index in [4.69, 9.17) is 10.5 Å². The summed E-state index contributed by atoms with van der Waals surface area (Å²) in [6.45, 7) is 0.898. The fourth-order valence-electron chi connectivity index (χ4n) is 2.14. The van der Waals surface area contributed by atoms with Gasteiger partial charge in [0.1, 0.15) is 0 Å². The second-order valence-electron chi connectivity index (χ2n) is 4.85. The molecule has 1 aliphatic rings. The normalized spacial score (nSPS) is 15.7. The minimum Gasteiger partial charge on any atom is -0.374 e. The molecule has 0 aliphatic heterocycles. The van der Waals surface area contributed by atoms with Crippen LogP contribution in [-0.2, 0) is 0 Å². The molecule has 0 amide bonds. The van der Waals surface area contributed by atoms with E-state index in [1.807, 2.05) is 25.2 Å². The number of benzene rings is 1. The molecular weight excluding hydrogens is 210 g/mol. The molecule has 0 spiro atoms. The van der Waals surface area contributed by atoms with Crippen LogP contribution in [-0.4, -0.2) is 13.6 Å². The molecule has 0 aromatic heterocycles. The Bertz CT molecular complexity index is 489. The minimum absolute atomic E-state index is 0.201. The second kappa shape index (κ2) is 4.47.